The molecule has 39 heavy (non-hydrogen) atoms. The SMILES string of the molecule is C[C@H](c1cccc2c(-c3ccc(CN4CCOCC4)nc3)c(C(=O)O)[nH]c12)[C@H]1C=C(CN2CC(N)C2)NC1=O. The fourth-order valence-corrected chi connectivity index (χ4v) is 5.95. The number of H-pyrrole nitrogens is 1. The molecule has 0 bridgehead atoms. The van der Waals surface area contributed by atoms with E-state index in [1.54, 1.807) is 6.20 Å². The first kappa shape index (κ1) is 25.7. The van der Waals surface area contributed by atoms with Crippen LogP contribution >= 0.6 is 0 Å². The Kier molecular flexibility index (Phi) is 6.94. The monoisotopic (exact) mass is 530 g/mol. The number of hydrogen-bond acceptors (Lipinski definition) is 7. The number of amides is 1. The predicted molar refractivity (Wildman–Crippen MR) is 147 cm³/mol. The minimum Gasteiger partial charge on any atom is -0.477 e. The molecule has 10 heteroatoms. The third kappa shape index (κ3) is 5.08. The van der Waals surface area contributed by atoms with Crippen LogP contribution in [0.1, 0.15) is 34.6 Å². The topological polar surface area (TPSA) is 137 Å². The number of nitrogens with one attached hydrogen (secondary N) is 2. The van der Waals surface area contributed by atoms with Crippen molar-refractivity contribution < 1.29 is 19.4 Å². The summed E-state index contributed by atoms with van der Waals surface area (Å²) < 4.78 is 5.43. The molecular weight excluding hydrogens is 496 g/mol. The van der Waals surface area contributed by atoms with Gasteiger partial charge >= 0.3 is 5.97 Å². The standard InChI is InChI=1S/C29H34N6O4/c1-17(24-11-21(32-28(24)36)16-35-13-19(30)14-35)22-3-2-4-23-25(27(29(37)38)33-26(22)23)18-5-6-20(31-12-18)15-34-7-9-39-10-8-34/h2-6,11-12,17,19,24,33H,7-10,13-16,30H2,1H3,(H,32,36)(H,37,38)/t17-,24-/m1/s1. The molecule has 5 N–H and O–H groups in total. The van der Waals surface area contributed by atoms with Crippen molar-refractivity contribution in [3.63, 3.8) is 0 Å². The van der Waals surface area contributed by atoms with Crippen molar-refractivity contribution in [2.24, 2.45) is 11.7 Å². The molecule has 5 heterocycles. The highest BCUT2D eigenvalue weighted by atomic mass is 16.5. The highest BCUT2D eigenvalue weighted by molar-refractivity contribution is 6.08. The van der Waals surface area contributed by atoms with Gasteiger partial charge in [-0.3, -0.25) is 19.6 Å². The second kappa shape index (κ2) is 10.5. The van der Waals surface area contributed by atoms with Crippen molar-refractivity contribution in [3.8, 4) is 11.1 Å². The molecular formula is C29H34N6O4. The van der Waals surface area contributed by atoms with Crippen LogP contribution in [-0.2, 0) is 16.1 Å². The van der Waals surface area contributed by atoms with Crippen molar-refractivity contribution in [1.82, 2.24) is 25.1 Å². The lowest BCUT2D eigenvalue weighted by molar-refractivity contribution is -0.122. The number of carbonyl (C=O) groups excluding carboxylic acids is 1. The summed E-state index contributed by atoms with van der Waals surface area (Å²) in [7, 11) is 0. The van der Waals surface area contributed by atoms with Crippen LogP contribution in [0.25, 0.3) is 22.0 Å². The highest BCUT2D eigenvalue weighted by Gasteiger charge is 2.34. The van der Waals surface area contributed by atoms with E-state index in [2.05, 4.69) is 25.1 Å². The molecule has 0 saturated carbocycles. The van der Waals surface area contributed by atoms with Gasteiger partial charge in [-0.2, -0.15) is 0 Å². The summed E-state index contributed by atoms with van der Waals surface area (Å²) in [5.41, 5.74) is 10.8. The van der Waals surface area contributed by atoms with E-state index in [-0.39, 0.29) is 29.5 Å². The summed E-state index contributed by atoms with van der Waals surface area (Å²) in [6.07, 6.45) is 3.76. The molecule has 1 aromatic carbocycles. The number of fused-ring (bicyclic) bond motifs is 1. The normalized spacial score (nSPS) is 21.5. The van der Waals surface area contributed by atoms with Crippen LogP contribution < -0.4 is 11.1 Å². The third-order valence-electron chi connectivity index (χ3n) is 8.06. The van der Waals surface area contributed by atoms with Gasteiger partial charge in [-0.15, -0.1) is 0 Å². The van der Waals surface area contributed by atoms with Gasteiger partial charge in [0, 0.05) is 73.7 Å². The smallest absolute Gasteiger partial charge is 0.352 e. The van der Waals surface area contributed by atoms with E-state index in [1.165, 1.54) is 0 Å². The van der Waals surface area contributed by atoms with Gasteiger partial charge in [-0.25, -0.2) is 4.79 Å². The molecule has 2 fully saturated rings. The van der Waals surface area contributed by atoms with Crippen molar-refractivity contribution in [1.29, 1.82) is 0 Å². The zero-order valence-corrected chi connectivity index (χ0v) is 22.0. The molecule has 204 valence electrons. The number of aromatic carboxylic acids is 1. The number of nitrogens with zero attached hydrogens (tertiary/aromatic N) is 3. The average molecular weight is 531 g/mol. The van der Waals surface area contributed by atoms with E-state index in [0.717, 1.165) is 79.4 Å². The van der Waals surface area contributed by atoms with Crippen LogP contribution in [0.3, 0.4) is 0 Å². The molecule has 3 aromatic rings. The van der Waals surface area contributed by atoms with Crippen LogP contribution in [-0.4, -0.2) is 88.7 Å². The number of benzene rings is 1. The number of likely N-dealkylation sites (tertiary alicyclic amines) is 1. The minimum absolute atomic E-state index is 0.0374. The van der Waals surface area contributed by atoms with E-state index < -0.39 is 5.97 Å². The maximum atomic E-state index is 12.9. The van der Waals surface area contributed by atoms with Crippen LogP contribution in [0, 0.1) is 5.92 Å². The molecule has 3 aliphatic heterocycles. The number of ether oxygens (including phenoxy) is 1. The second-order valence-electron chi connectivity index (χ2n) is 10.8. The van der Waals surface area contributed by atoms with Gasteiger partial charge in [-0.05, 0) is 17.5 Å². The largest absolute Gasteiger partial charge is 0.477 e. The first-order chi connectivity index (χ1) is 18.9. The Labute approximate surface area is 226 Å². The summed E-state index contributed by atoms with van der Waals surface area (Å²) in [6, 6.07) is 9.93. The zero-order chi connectivity index (χ0) is 27.1. The van der Waals surface area contributed by atoms with Gasteiger partial charge in [0.15, 0.2) is 0 Å². The maximum Gasteiger partial charge on any atom is 0.352 e. The molecule has 2 atom stereocenters. The molecule has 2 saturated heterocycles. The Bertz CT molecular complexity index is 1420. The molecule has 0 radical (unpaired) electrons. The summed E-state index contributed by atoms with van der Waals surface area (Å²) in [4.78, 5) is 37.6. The quantitative estimate of drug-likeness (QED) is 0.348. The van der Waals surface area contributed by atoms with E-state index >= 15 is 0 Å². The average Bonchev–Trinajstić information content (AvgIpc) is 3.49. The number of aromatic amines is 1. The zero-order valence-electron chi connectivity index (χ0n) is 22.0. The number of hydrogen-bond donors (Lipinski definition) is 4. The summed E-state index contributed by atoms with van der Waals surface area (Å²) >= 11 is 0. The van der Waals surface area contributed by atoms with Gasteiger partial charge < -0.3 is 25.9 Å². The van der Waals surface area contributed by atoms with Gasteiger partial charge in [0.1, 0.15) is 5.69 Å². The summed E-state index contributed by atoms with van der Waals surface area (Å²) in [5.74, 6) is -1.58. The molecule has 0 aliphatic carbocycles. The molecule has 3 aliphatic rings. The second-order valence-corrected chi connectivity index (χ2v) is 10.8. The van der Waals surface area contributed by atoms with Gasteiger partial charge in [0.25, 0.3) is 0 Å². The van der Waals surface area contributed by atoms with Gasteiger partial charge in [-0.1, -0.05) is 37.3 Å². The summed E-state index contributed by atoms with van der Waals surface area (Å²) in [6.45, 7) is 8.28. The van der Waals surface area contributed by atoms with Crippen molar-refractivity contribution in [3.05, 3.63) is 65.3 Å². The fraction of sp³-hybridized carbons (Fsp3) is 0.414. The van der Waals surface area contributed by atoms with E-state index in [9.17, 15) is 14.7 Å². The van der Waals surface area contributed by atoms with E-state index in [1.807, 2.05) is 43.3 Å². The lowest BCUT2D eigenvalue weighted by Gasteiger charge is -2.36. The fourth-order valence-electron chi connectivity index (χ4n) is 5.95. The Balaban J connectivity index is 1.29. The van der Waals surface area contributed by atoms with E-state index in [0.29, 0.717) is 12.1 Å². The van der Waals surface area contributed by atoms with Gasteiger partial charge in [0.05, 0.1) is 30.3 Å². The van der Waals surface area contributed by atoms with Crippen LogP contribution in [0.5, 0.6) is 0 Å². The molecule has 10 nitrogen and oxygen atoms in total. The Morgan fingerprint density at radius 1 is 1.18 bits per heavy atom. The number of aromatic nitrogens is 2. The number of morpholine rings is 1. The number of carboxylic acids is 1. The molecule has 0 spiro atoms. The highest BCUT2D eigenvalue weighted by Crippen LogP contribution is 2.39. The molecule has 1 amide bonds. The number of nitrogens with two attached hydrogens (primary N) is 1. The Morgan fingerprint density at radius 3 is 2.67 bits per heavy atom. The van der Waals surface area contributed by atoms with Crippen LogP contribution in [0.2, 0.25) is 0 Å². The number of para-hydroxylation sites is 1. The van der Waals surface area contributed by atoms with Crippen LogP contribution in [0.15, 0.2) is 48.3 Å². The lowest BCUT2D eigenvalue weighted by Crippen LogP contribution is -2.56. The van der Waals surface area contributed by atoms with Crippen molar-refractivity contribution in [2.75, 3.05) is 45.9 Å². The van der Waals surface area contributed by atoms with Crippen molar-refractivity contribution >= 4 is 22.8 Å². The number of carboxylic acid groups (broad SMARTS) is 1. The number of rotatable bonds is 8. The Morgan fingerprint density at radius 2 is 1.97 bits per heavy atom. The molecule has 6 rings (SSSR count). The van der Waals surface area contributed by atoms with E-state index in [4.69, 9.17) is 10.5 Å². The van der Waals surface area contributed by atoms with Gasteiger partial charge in [0.2, 0.25) is 5.91 Å². The number of carbonyl (C=O) groups is 2. The number of pyridine rings is 1. The first-order valence-electron chi connectivity index (χ1n) is 13.5. The third-order valence-corrected chi connectivity index (χ3v) is 8.06. The minimum atomic E-state index is -1.04. The Hall–Kier alpha value is -3.57. The molecule has 2 aromatic heterocycles. The van der Waals surface area contributed by atoms with Crippen molar-refractivity contribution in [2.45, 2.75) is 25.4 Å². The lowest BCUT2D eigenvalue weighted by atomic mass is 9.86. The predicted octanol–water partition coefficient (Wildman–Crippen LogP) is 2.14. The maximum absolute atomic E-state index is 12.9. The van der Waals surface area contributed by atoms with Crippen LogP contribution in [0.4, 0.5) is 0 Å². The summed E-state index contributed by atoms with van der Waals surface area (Å²) in [5, 5.41) is 13.9. The molecule has 0 unspecified atom stereocenters. The first-order valence-corrected chi connectivity index (χ1v) is 13.5.